The molecule has 2 aliphatic rings. The molecule has 1 aromatic carbocycles. The van der Waals surface area contributed by atoms with Crippen LogP contribution in [-0.2, 0) is 0 Å². The molecule has 2 aromatic heterocycles. The van der Waals surface area contributed by atoms with Gasteiger partial charge in [0.1, 0.15) is 11.4 Å². The van der Waals surface area contributed by atoms with Gasteiger partial charge in [0.2, 0.25) is 0 Å². The maximum absolute atomic E-state index is 10.2. The molecule has 34 heavy (non-hydrogen) atoms. The molecule has 1 aliphatic carbocycles. The van der Waals surface area contributed by atoms with Crippen molar-refractivity contribution in [2.24, 2.45) is 5.92 Å². The average molecular weight is 455 g/mol. The molecule has 0 unspecified atom stereocenters. The van der Waals surface area contributed by atoms with Crippen molar-refractivity contribution in [3.63, 3.8) is 0 Å². The monoisotopic (exact) mass is 454 g/mol. The Bertz CT molecular complexity index is 1230. The number of anilines is 3. The zero-order valence-corrected chi connectivity index (χ0v) is 19.5. The molecule has 1 atom stereocenters. The van der Waals surface area contributed by atoms with Gasteiger partial charge in [-0.25, -0.2) is 4.98 Å². The van der Waals surface area contributed by atoms with Gasteiger partial charge >= 0.3 is 0 Å². The van der Waals surface area contributed by atoms with E-state index in [0.29, 0.717) is 29.0 Å². The Hall–Kier alpha value is -3.79. The van der Waals surface area contributed by atoms with Crippen LogP contribution in [0.3, 0.4) is 0 Å². The third kappa shape index (κ3) is 4.62. The molecule has 1 saturated carbocycles. The van der Waals surface area contributed by atoms with Gasteiger partial charge in [-0.1, -0.05) is 24.5 Å². The summed E-state index contributed by atoms with van der Waals surface area (Å²) < 4.78 is 0. The average Bonchev–Trinajstić information content (AvgIpc) is 3.01. The minimum absolute atomic E-state index is 0.178. The van der Waals surface area contributed by atoms with Gasteiger partial charge in [0.25, 0.3) is 0 Å². The Morgan fingerprint density at radius 1 is 1.03 bits per heavy atom. The maximum atomic E-state index is 10.2. The Morgan fingerprint density at radius 3 is 2.68 bits per heavy atom. The summed E-state index contributed by atoms with van der Waals surface area (Å²) in [5.74, 6) is 7.76. The first-order valence-electron chi connectivity index (χ1n) is 12.0. The van der Waals surface area contributed by atoms with Crippen LogP contribution in [0.1, 0.15) is 38.3 Å². The predicted octanol–water partition coefficient (Wildman–Crippen LogP) is 4.08. The van der Waals surface area contributed by atoms with E-state index in [9.17, 15) is 5.11 Å². The summed E-state index contributed by atoms with van der Waals surface area (Å²) in [5, 5.41) is 18.7. The molecule has 1 saturated heterocycles. The normalized spacial score (nSPS) is 18.6. The number of nitrogens with zero attached hydrogens (tertiary/aromatic N) is 5. The second kappa shape index (κ2) is 9.60. The van der Waals surface area contributed by atoms with Crippen LogP contribution in [-0.4, -0.2) is 46.0 Å². The highest BCUT2D eigenvalue weighted by atomic mass is 16.3. The fraction of sp³-hybridized carbons (Fsp3) is 0.370. The number of nitrogens with two attached hydrogens (primary N) is 1. The van der Waals surface area contributed by atoms with Crippen LogP contribution < -0.4 is 15.5 Å². The minimum atomic E-state index is 0.178. The van der Waals surface area contributed by atoms with Crippen LogP contribution in [0.4, 0.5) is 17.2 Å². The molecule has 5 rings (SSSR count). The maximum Gasteiger partial charge on any atom is 0.169 e. The van der Waals surface area contributed by atoms with E-state index in [0.717, 1.165) is 43.1 Å². The number of aromatic nitrogens is 3. The second-order valence-corrected chi connectivity index (χ2v) is 9.13. The van der Waals surface area contributed by atoms with Gasteiger partial charge in [0.05, 0.1) is 11.4 Å². The number of phenolic OH excluding ortho intramolecular Hbond substituents is 1. The van der Waals surface area contributed by atoms with Crippen molar-refractivity contribution in [3.8, 4) is 28.8 Å². The zero-order chi connectivity index (χ0) is 23.5. The molecule has 1 aliphatic heterocycles. The molecule has 174 valence electrons. The molecule has 7 heteroatoms. The van der Waals surface area contributed by atoms with Crippen molar-refractivity contribution in [1.82, 2.24) is 15.2 Å². The number of hydrogen-bond donors (Lipinski definition) is 2. The Morgan fingerprint density at radius 2 is 1.88 bits per heavy atom. The first-order chi connectivity index (χ1) is 16.6. The molecule has 0 spiro atoms. The summed E-state index contributed by atoms with van der Waals surface area (Å²) >= 11 is 0. The summed E-state index contributed by atoms with van der Waals surface area (Å²) in [6.45, 7) is 4.75. The number of pyridine rings is 1. The van der Waals surface area contributed by atoms with Crippen LogP contribution in [0.2, 0.25) is 0 Å². The van der Waals surface area contributed by atoms with Crippen LogP contribution >= 0.6 is 0 Å². The lowest BCUT2D eigenvalue weighted by molar-refractivity contribution is 0.401. The van der Waals surface area contributed by atoms with Gasteiger partial charge in [-0.05, 0) is 62.4 Å². The summed E-state index contributed by atoms with van der Waals surface area (Å²) in [4.78, 5) is 9.16. The van der Waals surface area contributed by atoms with Gasteiger partial charge in [0, 0.05) is 49.0 Å². The smallest absolute Gasteiger partial charge is 0.169 e. The fourth-order valence-corrected chi connectivity index (χ4v) is 4.55. The quantitative estimate of drug-likeness (QED) is 0.576. The van der Waals surface area contributed by atoms with Crippen LogP contribution in [0, 0.1) is 17.8 Å². The van der Waals surface area contributed by atoms with E-state index in [1.165, 1.54) is 19.3 Å². The van der Waals surface area contributed by atoms with Gasteiger partial charge in [-0.15, -0.1) is 10.2 Å². The van der Waals surface area contributed by atoms with Crippen molar-refractivity contribution in [3.05, 3.63) is 54.4 Å². The Labute approximate surface area is 200 Å². The van der Waals surface area contributed by atoms with Crippen molar-refractivity contribution in [1.29, 1.82) is 0 Å². The van der Waals surface area contributed by atoms with E-state index in [1.54, 1.807) is 12.1 Å². The topological polar surface area (TPSA) is 91.4 Å². The van der Waals surface area contributed by atoms with Crippen LogP contribution in [0.25, 0.3) is 11.3 Å². The number of benzene rings is 1. The molecular formula is C27H30N6O. The van der Waals surface area contributed by atoms with Crippen LogP contribution in [0.5, 0.6) is 5.75 Å². The molecular weight excluding hydrogens is 424 g/mol. The number of rotatable bonds is 3. The molecule has 0 radical (unpaired) electrons. The molecule has 3 N–H and O–H groups in total. The first kappa shape index (κ1) is 22.0. The van der Waals surface area contributed by atoms with E-state index in [2.05, 4.69) is 55.9 Å². The number of aromatic hydroxyl groups is 1. The van der Waals surface area contributed by atoms with Crippen LogP contribution in [0.15, 0.2) is 48.7 Å². The summed E-state index contributed by atoms with van der Waals surface area (Å²) in [6, 6.07) is 13.6. The van der Waals surface area contributed by atoms with E-state index >= 15 is 0 Å². The van der Waals surface area contributed by atoms with E-state index in [-0.39, 0.29) is 5.75 Å². The van der Waals surface area contributed by atoms with Crippen molar-refractivity contribution in [2.45, 2.75) is 38.6 Å². The molecule has 0 amide bonds. The van der Waals surface area contributed by atoms with E-state index < -0.39 is 0 Å². The highest BCUT2D eigenvalue weighted by Gasteiger charge is 2.24. The SMILES string of the molecule is C[C@H]1CCN(c2cc(-c3ccccc3O)nnc2N)CCN1c1ccnc(C#CC2CCC2)c1. The van der Waals surface area contributed by atoms with Gasteiger partial charge in [-0.3, -0.25) is 0 Å². The van der Waals surface area contributed by atoms with E-state index in [1.807, 2.05) is 24.4 Å². The lowest BCUT2D eigenvalue weighted by Crippen LogP contribution is -2.35. The van der Waals surface area contributed by atoms with Gasteiger partial charge in [0.15, 0.2) is 5.82 Å². The Kier molecular flexibility index (Phi) is 6.22. The van der Waals surface area contributed by atoms with Gasteiger partial charge < -0.3 is 20.6 Å². The molecule has 3 heterocycles. The number of phenols is 1. The highest BCUT2D eigenvalue weighted by molar-refractivity contribution is 5.74. The van der Waals surface area contributed by atoms with Gasteiger partial charge in [-0.2, -0.15) is 0 Å². The van der Waals surface area contributed by atoms with E-state index in [4.69, 9.17) is 5.73 Å². The summed E-state index contributed by atoms with van der Waals surface area (Å²) in [5.41, 5.74) is 10.3. The second-order valence-electron chi connectivity index (χ2n) is 9.13. The summed E-state index contributed by atoms with van der Waals surface area (Å²) in [7, 11) is 0. The third-order valence-corrected chi connectivity index (χ3v) is 6.87. The molecule has 0 bridgehead atoms. The molecule has 2 fully saturated rings. The lowest BCUT2D eigenvalue weighted by Gasteiger charge is -2.29. The minimum Gasteiger partial charge on any atom is -0.507 e. The predicted molar refractivity (Wildman–Crippen MR) is 136 cm³/mol. The number of para-hydroxylation sites is 1. The van der Waals surface area contributed by atoms with Crippen molar-refractivity contribution in [2.75, 3.05) is 35.2 Å². The number of nitrogen functional groups attached to an aromatic ring is 1. The standard InChI is InChI=1S/C27H30N6O/c1-19-12-14-32(25-18-24(30-31-27(25)28)23-7-2-3-8-26(23)34)15-16-33(19)22-11-13-29-21(17-22)10-9-20-5-4-6-20/h2-3,7-8,11,13,17-20,34H,4-6,12,14-16H2,1H3,(H2,28,31)/t19-/m0/s1. The first-order valence-corrected chi connectivity index (χ1v) is 12.0. The third-order valence-electron chi connectivity index (χ3n) is 6.87. The Balaban J connectivity index is 1.36. The largest absolute Gasteiger partial charge is 0.507 e. The zero-order valence-electron chi connectivity index (χ0n) is 19.5. The fourth-order valence-electron chi connectivity index (χ4n) is 4.55. The van der Waals surface area contributed by atoms with Crippen molar-refractivity contribution < 1.29 is 5.11 Å². The molecule has 3 aromatic rings. The number of hydrogen-bond acceptors (Lipinski definition) is 7. The summed E-state index contributed by atoms with van der Waals surface area (Å²) in [6.07, 6.45) is 6.55. The lowest BCUT2D eigenvalue weighted by atomic mass is 9.86. The van der Waals surface area contributed by atoms with Crippen molar-refractivity contribution >= 4 is 17.2 Å². The molecule has 7 nitrogen and oxygen atoms in total. The highest BCUT2D eigenvalue weighted by Crippen LogP contribution is 2.32.